The number of aliphatic hydroxyl groups excluding tert-OH is 1. The van der Waals surface area contributed by atoms with Gasteiger partial charge in [-0.25, -0.2) is 0 Å². The molecule has 0 bridgehead atoms. The van der Waals surface area contributed by atoms with Crippen LogP contribution in [0.15, 0.2) is 23.4 Å². The maximum absolute atomic E-state index is 8.82. The van der Waals surface area contributed by atoms with Gasteiger partial charge in [-0.2, -0.15) is 0 Å². The molecule has 100 valence electrons. The molecule has 0 heterocycles. The van der Waals surface area contributed by atoms with E-state index in [1.165, 1.54) is 0 Å². The average Bonchev–Trinajstić information content (AvgIpc) is 2.36. The van der Waals surface area contributed by atoms with E-state index in [-0.39, 0.29) is 18.5 Å². The first-order valence-corrected chi connectivity index (χ1v) is 6.00. The van der Waals surface area contributed by atoms with Crippen molar-refractivity contribution in [1.82, 2.24) is 5.32 Å². The summed E-state index contributed by atoms with van der Waals surface area (Å²) in [7, 11) is 0. The van der Waals surface area contributed by atoms with E-state index >= 15 is 0 Å². The number of nitrogens with two attached hydrogens (primary N) is 1. The zero-order valence-electron chi connectivity index (χ0n) is 10.8. The Kier molecular flexibility index (Phi) is 5.61. The Morgan fingerprint density at radius 3 is 2.78 bits per heavy atom. The van der Waals surface area contributed by atoms with Crippen molar-refractivity contribution < 1.29 is 10.3 Å². The Morgan fingerprint density at radius 1 is 1.50 bits per heavy atom. The molecular formula is C13H21N3O2. The van der Waals surface area contributed by atoms with Crippen LogP contribution >= 0.6 is 0 Å². The zero-order chi connectivity index (χ0) is 13.5. The van der Waals surface area contributed by atoms with Crippen LogP contribution in [0.25, 0.3) is 0 Å². The number of aliphatic hydroxyl groups is 1. The third kappa shape index (κ3) is 4.01. The third-order valence-electron chi connectivity index (χ3n) is 2.95. The Morgan fingerprint density at radius 2 is 2.22 bits per heavy atom. The fraction of sp³-hybridized carbons (Fsp3) is 0.462. The molecule has 0 saturated carbocycles. The molecule has 5 heteroatoms. The lowest BCUT2D eigenvalue weighted by Crippen LogP contribution is -2.26. The smallest absolute Gasteiger partial charge is 0.170 e. The lowest BCUT2D eigenvalue weighted by molar-refractivity contribution is 0.268. The van der Waals surface area contributed by atoms with Crippen LogP contribution in [0.1, 0.15) is 30.0 Å². The number of rotatable bonds is 6. The van der Waals surface area contributed by atoms with Gasteiger partial charge in [0.2, 0.25) is 0 Å². The van der Waals surface area contributed by atoms with Crippen molar-refractivity contribution in [2.24, 2.45) is 10.9 Å². The van der Waals surface area contributed by atoms with Gasteiger partial charge in [0.25, 0.3) is 0 Å². The van der Waals surface area contributed by atoms with Gasteiger partial charge in [-0.15, -0.1) is 0 Å². The van der Waals surface area contributed by atoms with Crippen LogP contribution in [0, 0.1) is 6.92 Å². The molecule has 0 fully saturated rings. The standard InChI is InChI=1S/C13H21N3O2/c1-9-7-11(13(14)16-18)3-4-12(9)8-15-10(2)5-6-17/h3-4,7,10,15,17-18H,5-6,8H2,1-2H3,(H2,14,16). The fourth-order valence-corrected chi connectivity index (χ4v) is 1.69. The highest BCUT2D eigenvalue weighted by molar-refractivity contribution is 5.97. The third-order valence-corrected chi connectivity index (χ3v) is 2.95. The van der Waals surface area contributed by atoms with Crippen LogP contribution in [0.3, 0.4) is 0 Å². The molecule has 1 aromatic rings. The highest BCUT2D eigenvalue weighted by Gasteiger charge is 2.05. The molecular weight excluding hydrogens is 230 g/mol. The topological polar surface area (TPSA) is 90.9 Å². The van der Waals surface area contributed by atoms with Crippen molar-refractivity contribution in [3.05, 3.63) is 34.9 Å². The van der Waals surface area contributed by atoms with Crippen molar-refractivity contribution in [3.8, 4) is 0 Å². The molecule has 1 rings (SSSR count). The van der Waals surface area contributed by atoms with Crippen molar-refractivity contribution in [2.75, 3.05) is 6.61 Å². The number of hydrogen-bond acceptors (Lipinski definition) is 4. The second-order valence-corrected chi connectivity index (χ2v) is 4.42. The van der Waals surface area contributed by atoms with Crippen LogP contribution in [0.4, 0.5) is 0 Å². The van der Waals surface area contributed by atoms with E-state index < -0.39 is 0 Å². The van der Waals surface area contributed by atoms with Crippen molar-refractivity contribution in [3.63, 3.8) is 0 Å². The van der Waals surface area contributed by atoms with E-state index in [0.29, 0.717) is 5.56 Å². The summed E-state index contributed by atoms with van der Waals surface area (Å²) in [6, 6.07) is 5.96. The summed E-state index contributed by atoms with van der Waals surface area (Å²) in [5.74, 6) is 0.117. The quantitative estimate of drug-likeness (QED) is 0.262. The van der Waals surface area contributed by atoms with Gasteiger partial charge in [0, 0.05) is 24.8 Å². The van der Waals surface area contributed by atoms with Crippen LogP contribution in [0.5, 0.6) is 0 Å². The lowest BCUT2D eigenvalue weighted by Gasteiger charge is -2.14. The Labute approximate surface area is 107 Å². The van der Waals surface area contributed by atoms with E-state index in [4.69, 9.17) is 16.0 Å². The molecule has 0 aromatic heterocycles. The molecule has 1 aromatic carbocycles. The highest BCUT2D eigenvalue weighted by atomic mass is 16.4. The lowest BCUT2D eigenvalue weighted by atomic mass is 10.0. The monoisotopic (exact) mass is 251 g/mol. The number of aryl methyl sites for hydroxylation is 1. The van der Waals surface area contributed by atoms with Gasteiger partial charge in [0.05, 0.1) is 0 Å². The molecule has 0 aliphatic rings. The van der Waals surface area contributed by atoms with Crippen molar-refractivity contribution in [2.45, 2.75) is 32.9 Å². The van der Waals surface area contributed by atoms with Crippen LogP contribution < -0.4 is 11.1 Å². The van der Waals surface area contributed by atoms with E-state index in [0.717, 1.165) is 24.1 Å². The summed E-state index contributed by atoms with van der Waals surface area (Å²) in [4.78, 5) is 0. The van der Waals surface area contributed by atoms with E-state index in [1.54, 1.807) is 0 Å². The van der Waals surface area contributed by atoms with Gasteiger partial charge >= 0.3 is 0 Å². The first-order valence-electron chi connectivity index (χ1n) is 6.00. The summed E-state index contributed by atoms with van der Waals surface area (Å²) in [6.45, 7) is 4.96. The minimum atomic E-state index is 0.117. The molecule has 0 aliphatic carbocycles. The number of oxime groups is 1. The molecule has 0 aliphatic heterocycles. The number of nitrogens with zero attached hydrogens (tertiary/aromatic N) is 1. The second kappa shape index (κ2) is 6.98. The first-order chi connectivity index (χ1) is 8.58. The van der Waals surface area contributed by atoms with Crippen molar-refractivity contribution >= 4 is 5.84 Å². The van der Waals surface area contributed by atoms with Gasteiger partial charge in [-0.3, -0.25) is 0 Å². The maximum Gasteiger partial charge on any atom is 0.170 e. The van der Waals surface area contributed by atoms with E-state index in [2.05, 4.69) is 10.5 Å². The number of amidine groups is 1. The summed E-state index contributed by atoms with van der Waals surface area (Å²) in [6.07, 6.45) is 0.737. The zero-order valence-corrected chi connectivity index (χ0v) is 10.8. The molecule has 0 amide bonds. The van der Waals surface area contributed by atoms with Gasteiger partial charge in [0.1, 0.15) is 0 Å². The average molecular weight is 251 g/mol. The molecule has 0 saturated heterocycles. The van der Waals surface area contributed by atoms with Crippen molar-refractivity contribution in [1.29, 1.82) is 0 Å². The van der Waals surface area contributed by atoms with Crippen LogP contribution in [0.2, 0.25) is 0 Å². The summed E-state index contributed by atoms with van der Waals surface area (Å²) >= 11 is 0. The Bertz CT molecular complexity index is 419. The molecule has 0 spiro atoms. The fourth-order valence-electron chi connectivity index (χ4n) is 1.69. The molecule has 5 nitrogen and oxygen atoms in total. The predicted molar refractivity (Wildman–Crippen MR) is 71.7 cm³/mol. The van der Waals surface area contributed by atoms with E-state index in [1.807, 2.05) is 32.0 Å². The van der Waals surface area contributed by atoms with Gasteiger partial charge in [-0.1, -0.05) is 17.3 Å². The molecule has 18 heavy (non-hydrogen) atoms. The first kappa shape index (κ1) is 14.5. The number of hydrogen-bond donors (Lipinski definition) is 4. The molecule has 5 N–H and O–H groups in total. The van der Waals surface area contributed by atoms with E-state index in [9.17, 15) is 0 Å². The molecule has 1 atom stereocenters. The van der Waals surface area contributed by atoms with Gasteiger partial charge in [-0.05, 0) is 37.5 Å². The Balaban J connectivity index is 2.68. The molecule has 1 unspecified atom stereocenters. The minimum Gasteiger partial charge on any atom is -0.409 e. The normalized spacial score (nSPS) is 13.6. The number of nitrogens with one attached hydrogen (secondary N) is 1. The summed E-state index contributed by atoms with van der Waals surface area (Å²) in [5.41, 5.74) is 8.49. The van der Waals surface area contributed by atoms with Crippen LogP contribution in [-0.2, 0) is 6.54 Å². The predicted octanol–water partition coefficient (Wildman–Crippen LogP) is 0.950. The number of benzene rings is 1. The Hall–Kier alpha value is -1.59. The summed E-state index contributed by atoms with van der Waals surface area (Å²) < 4.78 is 0. The van der Waals surface area contributed by atoms with Crippen LogP contribution in [-0.4, -0.2) is 28.8 Å². The SMILES string of the molecule is Cc1cc(/C(N)=N/O)ccc1CNC(C)CCO. The second-order valence-electron chi connectivity index (χ2n) is 4.42. The minimum absolute atomic E-state index is 0.117. The molecule has 0 radical (unpaired) electrons. The largest absolute Gasteiger partial charge is 0.409 e. The van der Waals surface area contributed by atoms with Gasteiger partial charge < -0.3 is 21.4 Å². The highest BCUT2D eigenvalue weighted by Crippen LogP contribution is 2.11. The maximum atomic E-state index is 8.82. The van der Waals surface area contributed by atoms with Gasteiger partial charge in [0.15, 0.2) is 5.84 Å². The summed E-state index contributed by atoms with van der Waals surface area (Å²) in [5, 5.41) is 23.7.